The summed E-state index contributed by atoms with van der Waals surface area (Å²) in [5.74, 6) is 1.87. The largest absolute Gasteiger partial charge is 0.303 e. The van der Waals surface area contributed by atoms with E-state index in [4.69, 9.17) is 9.97 Å². The number of nitrogens with one attached hydrogen (secondary N) is 1. The Morgan fingerprint density at radius 3 is 1.87 bits per heavy atom. The second-order valence-corrected chi connectivity index (χ2v) is 10.2. The molecule has 2 heterocycles. The maximum Gasteiger partial charge on any atom is 0.160 e. The molecule has 4 heteroatoms. The zero-order chi connectivity index (χ0) is 30.3. The first-order valence-corrected chi connectivity index (χ1v) is 14.1. The van der Waals surface area contributed by atoms with Gasteiger partial charge in [-0.05, 0) is 62.6 Å². The minimum absolute atomic E-state index is 0.0749. The van der Waals surface area contributed by atoms with Crippen molar-refractivity contribution in [3.8, 4) is 0 Å². The van der Waals surface area contributed by atoms with Gasteiger partial charge in [-0.25, -0.2) is 9.97 Å². The molecule has 1 atom stereocenters. The fourth-order valence-electron chi connectivity index (χ4n) is 4.02. The Bertz CT molecular complexity index is 1070. The molecule has 0 unspecified atom stereocenters. The van der Waals surface area contributed by atoms with Crippen LogP contribution in [-0.4, -0.2) is 16.0 Å². The lowest BCUT2D eigenvalue weighted by Crippen LogP contribution is -2.45. The van der Waals surface area contributed by atoms with Gasteiger partial charge in [-0.1, -0.05) is 86.6 Å². The van der Waals surface area contributed by atoms with Crippen LogP contribution in [-0.2, 0) is 11.8 Å². The number of aromatic nitrogens is 2. The molecular formula is C34H58N4. The lowest BCUT2D eigenvalue weighted by Gasteiger charge is -2.42. The van der Waals surface area contributed by atoms with Gasteiger partial charge in [-0.3, -0.25) is 5.01 Å². The van der Waals surface area contributed by atoms with Crippen molar-refractivity contribution >= 4 is 18.6 Å². The van der Waals surface area contributed by atoms with Crippen molar-refractivity contribution < 1.29 is 0 Å². The van der Waals surface area contributed by atoms with Crippen LogP contribution in [0.25, 0.3) is 12.8 Å². The molecule has 0 saturated heterocycles. The van der Waals surface area contributed by atoms with E-state index in [9.17, 15) is 0 Å². The number of rotatable bonds is 6. The van der Waals surface area contributed by atoms with Crippen LogP contribution >= 0.6 is 0 Å². The average Bonchev–Trinajstić information content (AvgIpc) is 3.38. The standard InChI is InChI=1S/C18H30N4.C10H14.C2H6.2C2H4/c1-9-17(6,7)18(8,10-2)16-20-13(5)14-11-19-22(12(3)4)15(14)21-16;1-4-10-6-5-8(2)9(3)7-10;3*1-2/h11-12,19H,5,9-10H2,1-4,6-8H3;5-7H,4H2,1-3H3;1-2H3;2*1-2H2/t18-;;;;/m0..../s1. The van der Waals surface area contributed by atoms with E-state index in [1.165, 1.54) is 16.7 Å². The minimum Gasteiger partial charge on any atom is -0.303 e. The van der Waals surface area contributed by atoms with Crippen molar-refractivity contribution in [3.63, 3.8) is 0 Å². The third kappa shape index (κ3) is 8.85. The predicted octanol–water partition coefficient (Wildman–Crippen LogP) is 7.96. The number of hydrogen-bond donors (Lipinski definition) is 1. The average molecular weight is 523 g/mol. The van der Waals surface area contributed by atoms with E-state index in [0.717, 1.165) is 41.5 Å². The van der Waals surface area contributed by atoms with Gasteiger partial charge in [0.25, 0.3) is 0 Å². The minimum atomic E-state index is -0.0749. The molecule has 214 valence electrons. The van der Waals surface area contributed by atoms with Crippen molar-refractivity contribution in [1.29, 1.82) is 0 Å². The molecule has 0 saturated carbocycles. The van der Waals surface area contributed by atoms with Crippen molar-refractivity contribution in [2.75, 3.05) is 5.01 Å². The van der Waals surface area contributed by atoms with E-state index >= 15 is 0 Å². The molecule has 1 aliphatic heterocycles. The fraction of sp³-hybridized carbons (Fsp3) is 0.529. The summed E-state index contributed by atoms with van der Waals surface area (Å²) in [7, 11) is 0. The van der Waals surface area contributed by atoms with Crippen LogP contribution in [0.2, 0.25) is 0 Å². The van der Waals surface area contributed by atoms with E-state index < -0.39 is 0 Å². The van der Waals surface area contributed by atoms with Crippen LogP contribution in [0.15, 0.2) is 44.5 Å². The summed E-state index contributed by atoms with van der Waals surface area (Å²) < 4.78 is 0. The van der Waals surface area contributed by atoms with Gasteiger partial charge in [0, 0.05) is 17.7 Å². The van der Waals surface area contributed by atoms with Crippen LogP contribution in [0, 0.1) is 19.3 Å². The molecular weight excluding hydrogens is 464 g/mol. The Hall–Kier alpha value is -2.88. The highest BCUT2D eigenvalue weighted by molar-refractivity contribution is 5.52. The molecule has 1 aromatic carbocycles. The summed E-state index contributed by atoms with van der Waals surface area (Å²) in [6.07, 6.45) is 5.18. The van der Waals surface area contributed by atoms with Crippen molar-refractivity contribution in [2.45, 2.75) is 114 Å². The van der Waals surface area contributed by atoms with Gasteiger partial charge in [-0.2, -0.15) is 0 Å². The smallest absolute Gasteiger partial charge is 0.160 e. The monoisotopic (exact) mass is 522 g/mol. The van der Waals surface area contributed by atoms with Crippen molar-refractivity contribution in [1.82, 2.24) is 15.4 Å². The van der Waals surface area contributed by atoms with Crippen LogP contribution in [0.4, 0.5) is 5.82 Å². The van der Waals surface area contributed by atoms with Crippen LogP contribution < -0.4 is 21.0 Å². The Kier molecular flexibility index (Phi) is 17.3. The van der Waals surface area contributed by atoms with Gasteiger partial charge >= 0.3 is 0 Å². The van der Waals surface area contributed by atoms with E-state index in [-0.39, 0.29) is 10.8 Å². The van der Waals surface area contributed by atoms with E-state index in [2.05, 4.69) is 131 Å². The van der Waals surface area contributed by atoms with E-state index in [0.29, 0.717) is 6.04 Å². The number of hydrazine groups is 1. The molecule has 0 radical (unpaired) electrons. The van der Waals surface area contributed by atoms with Crippen molar-refractivity contribution in [3.05, 3.63) is 77.6 Å². The van der Waals surface area contributed by atoms with Crippen LogP contribution in [0.5, 0.6) is 0 Å². The first-order valence-electron chi connectivity index (χ1n) is 14.1. The number of benzene rings is 1. The van der Waals surface area contributed by atoms with Crippen LogP contribution in [0.3, 0.4) is 0 Å². The zero-order valence-corrected chi connectivity index (χ0v) is 26.9. The normalized spacial score (nSPS) is 12.8. The Balaban J connectivity index is 0. The number of aryl methyl sites for hydroxylation is 3. The first kappa shape index (κ1) is 37.3. The molecule has 0 aliphatic carbocycles. The fourth-order valence-corrected chi connectivity index (χ4v) is 4.02. The van der Waals surface area contributed by atoms with Gasteiger partial charge in [0.15, 0.2) is 5.82 Å². The molecule has 2 aromatic rings. The predicted molar refractivity (Wildman–Crippen MR) is 173 cm³/mol. The molecule has 1 N–H and O–H groups in total. The molecule has 0 amide bonds. The molecule has 1 aliphatic rings. The second-order valence-electron chi connectivity index (χ2n) is 10.2. The molecule has 3 rings (SSSR count). The highest BCUT2D eigenvalue weighted by atomic mass is 15.5. The molecule has 0 bridgehead atoms. The highest BCUT2D eigenvalue weighted by Crippen LogP contribution is 2.44. The Morgan fingerprint density at radius 1 is 0.895 bits per heavy atom. The summed E-state index contributed by atoms with van der Waals surface area (Å²) in [6, 6.07) is 6.97. The Morgan fingerprint density at radius 2 is 1.45 bits per heavy atom. The van der Waals surface area contributed by atoms with Crippen molar-refractivity contribution in [2.24, 2.45) is 5.41 Å². The zero-order valence-electron chi connectivity index (χ0n) is 26.9. The third-order valence-corrected chi connectivity index (χ3v) is 7.65. The lowest BCUT2D eigenvalue weighted by atomic mass is 9.63. The molecule has 38 heavy (non-hydrogen) atoms. The van der Waals surface area contributed by atoms with Gasteiger partial charge in [0.2, 0.25) is 0 Å². The summed E-state index contributed by atoms with van der Waals surface area (Å²) in [5.41, 5.74) is 7.55. The maximum absolute atomic E-state index is 4.96. The summed E-state index contributed by atoms with van der Waals surface area (Å²) in [4.78, 5) is 9.73. The number of nitrogens with zero attached hydrogens (tertiary/aromatic N) is 3. The molecule has 4 nitrogen and oxygen atoms in total. The van der Waals surface area contributed by atoms with Crippen LogP contribution in [0.1, 0.15) is 105 Å². The topological polar surface area (TPSA) is 41.1 Å². The molecule has 0 fully saturated rings. The maximum atomic E-state index is 4.96. The number of fused-ring (bicyclic) bond motifs is 1. The quantitative estimate of drug-likeness (QED) is 0.391. The van der Waals surface area contributed by atoms with E-state index in [1.807, 2.05) is 20.0 Å². The van der Waals surface area contributed by atoms with Gasteiger partial charge in [0.05, 0.1) is 10.6 Å². The lowest BCUT2D eigenvalue weighted by molar-refractivity contribution is 0.153. The van der Waals surface area contributed by atoms with Gasteiger partial charge < -0.3 is 5.43 Å². The van der Waals surface area contributed by atoms with Gasteiger partial charge in [0.1, 0.15) is 5.82 Å². The third-order valence-electron chi connectivity index (χ3n) is 7.65. The number of hydrogen-bond acceptors (Lipinski definition) is 4. The second kappa shape index (κ2) is 17.6. The van der Waals surface area contributed by atoms with E-state index in [1.54, 1.807) is 0 Å². The summed E-state index contributed by atoms with van der Waals surface area (Å²) >= 11 is 0. The SMILES string of the molecule is C=C.C=C.C=c1nc([C@](C)(CC)C(C)(C)CC)nc2c1=CNN2C(C)C.CC.CCc1ccc(C)c(C)c1. The first-order chi connectivity index (χ1) is 17.9. The summed E-state index contributed by atoms with van der Waals surface area (Å²) in [5, 5.41) is 3.90. The highest BCUT2D eigenvalue weighted by Gasteiger charge is 2.42. The Labute approximate surface area is 235 Å². The molecule has 1 aromatic heterocycles. The number of anilines is 1. The van der Waals surface area contributed by atoms with Gasteiger partial charge in [-0.15, -0.1) is 26.3 Å². The molecule has 0 spiro atoms. The summed E-state index contributed by atoms with van der Waals surface area (Å²) in [6.45, 7) is 42.3.